The monoisotopic (exact) mass is 258 g/mol. The maximum absolute atomic E-state index is 11.3. The summed E-state index contributed by atoms with van der Waals surface area (Å²) in [6, 6.07) is 3.88. The standard InChI is InChI=1S/C10H11ClN2O4/c1-6(2)17-10(14)12-8-5-7(11)3-4-9(8)13(15)16/h3-6H,1-2H3,(H,12,14). The molecule has 0 unspecified atom stereocenters. The molecule has 0 aromatic heterocycles. The van der Waals surface area contributed by atoms with Gasteiger partial charge in [0.1, 0.15) is 5.69 Å². The molecular weight excluding hydrogens is 248 g/mol. The third-order valence-electron chi connectivity index (χ3n) is 1.73. The molecule has 0 aliphatic heterocycles. The van der Waals surface area contributed by atoms with Crippen molar-refractivity contribution in [2.24, 2.45) is 0 Å². The van der Waals surface area contributed by atoms with Gasteiger partial charge < -0.3 is 4.74 Å². The summed E-state index contributed by atoms with van der Waals surface area (Å²) in [5, 5.41) is 13.3. The highest BCUT2D eigenvalue weighted by molar-refractivity contribution is 6.31. The maximum atomic E-state index is 11.3. The van der Waals surface area contributed by atoms with Crippen LogP contribution < -0.4 is 5.32 Å². The van der Waals surface area contributed by atoms with Gasteiger partial charge in [0.15, 0.2) is 0 Å². The van der Waals surface area contributed by atoms with E-state index in [0.717, 1.165) is 0 Å². The lowest BCUT2D eigenvalue weighted by Crippen LogP contribution is -2.18. The molecule has 0 aliphatic rings. The number of nitro groups is 1. The van der Waals surface area contributed by atoms with E-state index in [4.69, 9.17) is 16.3 Å². The minimum atomic E-state index is -0.759. The lowest BCUT2D eigenvalue weighted by Gasteiger charge is -2.09. The number of rotatable bonds is 3. The van der Waals surface area contributed by atoms with Gasteiger partial charge in [-0.15, -0.1) is 0 Å². The number of carbonyl (C=O) groups is 1. The van der Waals surface area contributed by atoms with Gasteiger partial charge in [-0.25, -0.2) is 4.79 Å². The Kier molecular flexibility index (Phi) is 4.28. The molecule has 92 valence electrons. The number of anilines is 1. The average Bonchev–Trinajstić information content (AvgIpc) is 2.15. The van der Waals surface area contributed by atoms with Crippen LogP contribution in [0.4, 0.5) is 16.2 Å². The van der Waals surface area contributed by atoms with E-state index in [1.165, 1.54) is 18.2 Å². The van der Waals surface area contributed by atoms with Gasteiger partial charge in [-0.05, 0) is 26.0 Å². The molecule has 0 bridgehead atoms. The van der Waals surface area contributed by atoms with Crippen LogP contribution in [0.25, 0.3) is 0 Å². The van der Waals surface area contributed by atoms with Crippen LogP contribution in [0.2, 0.25) is 5.02 Å². The molecule has 0 saturated carbocycles. The lowest BCUT2D eigenvalue weighted by atomic mass is 10.2. The first-order valence-electron chi connectivity index (χ1n) is 4.81. The SMILES string of the molecule is CC(C)OC(=O)Nc1cc(Cl)ccc1[N+](=O)[O-]. The molecule has 0 radical (unpaired) electrons. The quantitative estimate of drug-likeness (QED) is 0.667. The normalized spacial score (nSPS) is 10.1. The zero-order valence-corrected chi connectivity index (χ0v) is 10.0. The van der Waals surface area contributed by atoms with Crippen LogP contribution in [0, 0.1) is 10.1 Å². The Bertz CT molecular complexity index is 448. The number of amides is 1. The molecule has 0 aliphatic carbocycles. The molecule has 1 aromatic rings. The van der Waals surface area contributed by atoms with Crippen molar-refractivity contribution >= 4 is 29.1 Å². The smallest absolute Gasteiger partial charge is 0.412 e. The van der Waals surface area contributed by atoms with Crippen LogP contribution >= 0.6 is 11.6 Å². The van der Waals surface area contributed by atoms with Gasteiger partial charge in [0.05, 0.1) is 11.0 Å². The second kappa shape index (κ2) is 5.49. The summed E-state index contributed by atoms with van der Waals surface area (Å²) >= 11 is 5.70. The second-order valence-corrected chi connectivity index (χ2v) is 3.93. The van der Waals surface area contributed by atoms with Crippen LogP contribution in [-0.4, -0.2) is 17.1 Å². The van der Waals surface area contributed by atoms with E-state index >= 15 is 0 Å². The number of benzene rings is 1. The number of nitrogens with one attached hydrogen (secondary N) is 1. The zero-order chi connectivity index (χ0) is 13.0. The molecule has 6 nitrogen and oxygen atoms in total. The molecule has 1 rings (SSSR count). The average molecular weight is 259 g/mol. The maximum Gasteiger partial charge on any atom is 0.412 e. The zero-order valence-electron chi connectivity index (χ0n) is 9.27. The van der Waals surface area contributed by atoms with E-state index in [0.29, 0.717) is 0 Å². The number of hydrogen-bond donors (Lipinski definition) is 1. The number of ether oxygens (including phenoxy) is 1. The molecule has 1 aromatic carbocycles. The number of nitro benzene ring substituents is 1. The van der Waals surface area contributed by atoms with E-state index in [-0.39, 0.29) is 22.5 Å². The van der Waals surface area contributed by atoms with Crippen molar-refractivity contribution in [3.8, 4) is 0 Å². The van der Waals surface area contributed by atoms with E-state index in [1.54, 1.807) is 13.8 Å². The summed E-state index contributed by atoms with van der Waals surface area (Å²) in [6.07, 6.45) is -1.07. The molecule has 0 heterocycles. The Morgan fingerprint density at radius 3 is 2.71 bits per heavy atom. The van der Waals surface area contributed by atoms with Gasteiger partial charge >= 0.3 is 6.09 Å². The van der Waals surface area contributed by atoms with Gasteiger partial charge in [-0.2, -0.15) is 0 Å². The van der Waals surface area contributed by atoms with Crippen molar-refractivity contribution in [3.63, 3.8) is 0 Å². The Balaban J connectivity index is 2.92. The summed E-state index contributed by atoms with van der Waals surface area (Å²) < 4.78 is 4.81. The van der Waals surface area contributed by atoms with Crippen molar-refractivity contribution in [2.45, 2.75) is 20.0 Å². The molecule has 0 saturated heterocycles. The Labute approximate surface area is 103 Å². The van der Waals surface area contributed by atoms with Crippen molar-refractivity contribution in [2.75, 3.05) is 5.32 Å². The summed E-state index contributed by atoms with van der Waals surface area (Å²) in [4.78, 5) is 21.4. The minimum absolute atomic E-state index is 0.00755. The molecule has 1 amide bonds. The third-order valence-corrected chi connectivity index (χ3v) is 1.97. The molecule has 0 fully saturated rings. The Hall–Kier alpha value is -1.82. The van der Waals surface area contributed by atoms with Crippen LogP contribution in [0.5, 0.6) is 0 Å². The largest absolute Gasteiger partial charge is 0.447 e. The third kappa shape index (κ3) is 3.92. The van der Waals surface area contributed by atoms with Gasteiger partial charge in [-0.1, -0.05) is 11.6 Å². The van der Waals surface area contributed by atoms with Crippen molar-refractivity contribution < 1.29 is 14.5 Å². The van der Waals surface area contributed by atoms with Gasteiger partial charge in [-0.3, -0.25) is 15.4 Å². The van der Waals surface area contributed by atoms with Gasteiger partial charge in [0, 0.05) is 11.1 Å². The Morgan fingerprint density at radius 2 is 2.18 bits per heavy atom. The van der Waals surface area contributed by atoms with E-state index < -0.39 is 11.0 Å². The number of hydrogen-bond acceptors (Lipinski definition) is 4. The Morgan fingerprint density at radius 1 is 1.53 bits per heavy atom. The van der Waals surface area contributed by atoms with Crippen molar-refractivity contribution in [1.82, 2.24) is 0 Å². The van der Waals surface area contributed by atoms with E-state index in [9.17, 15) is 14.9 Å². The molecule has 7 heteroatoms. The predicted molar refractivity (Wildman–Crippen MR) is 63.3 cm³/mol. The van der Waals surface area contributed by atoms with Crippen LogP contribution in [0.15, 0.2) is 18.2 Å². The highest BCUT2D eigenvalue weighted by Gasteiger charge is 2.17. The molecule has 17 heavy (non-hydrogen) atoms. The first-order chi connectivity index (χ1) is 7.90. The topological polar surface area (TPSA) is 81.5 Å². The molecule has 0 spiro atoms. The number of carbonyl (C=O) groups excluding carboxylic acids is 1. The summed E-state index contributed by atoms with van der Waals surface area (Å²) in [7, 11) is 0. The summed E-state index contributed by atoms with van der Waals surface area (Å²) in [5.41, 5.74) is -0.233. The van der Waals surface area contributed by atoms with E-state index in [1.807, 2.05) is 0 Å². The highest BCUT2D eigenvalue weighted by Crippen LogP contribution is 2.27. The number of nitrogens with zero attached hydrogens (tertiary/aromatic N) is 1. The first kappa shape index (κ1) is 13.2. The summed E-state index contributed by atoms with van der Waals surface area (Å²) in [5.74, 6) is 0. The van der Waals surface area contributed by atoms with E-state index in [2.05, 4.69) is 5.32 Å². The molecular formula is C10H11ClN2O4. The van der Waals surface area contributed by atoms with Crippen molar-refractivity contribution in [3.05, 3.63) is 33.3 Å². The fraction of sp³-hybridized carbons (Fsp3) is 0.300. The van der Waals surface area contributed by atoms with Gasteiger partial charge in [0.2, 0.25) is 0 Å². The molecule has 0 atom stereocenters. The fourth-order valence-electron chi connectivity index (χ4n) is 1.12. The first-order valence-corrected chi connectivity index (χ1v) is 5.19. The second-order valence-electron chi connectivity index (χ2n) is 3.50. The van der Waals surface area contributed by atoms with Crippen LogP contribution in [0.1, 0.15) is 13.8 Å². The fourth-order valence-corrected chi connectivity index (χ4v) is 1.29. The number of halogens is 1. The van der Waals surface area contributed by atoms with Crippen molar-refractivity contribution in [1.29, 1.82) is 0 Å². The van der Waals surface area contributed by atoms with Crippen LogP contribution in [-0.2, 0) is 4.74 Å². The lowest BCUT2D eigenvalue weighted by molar-refractivity contribution is -0.383. The minimum Gasteiger partial charge on any atom is -0.447 e. The summed E-state index contributed by atoms with van der Waals surface area (Å²) in [6.45, 7) is 3.35. The molecule has 1 N–H and O–H groups in total. The van der Waals surface area contributed by atoms with Gasteiger partial charge in [0.25, 0.3) is 5.69 Å². The predicted octanol–water partition coefficient (Wildman–Crippen LogP) is 3.21. The van der Waals surface area contributed by atoms with Crippen LogP contribution in [0.3, 0.4) is 0 Å². The highest BCUT2D eigenvalue weighted by atomic mass is 35.5.